The fraction of sp³-hybridized carbons (Fsp3) is 0. The molecule has 18 rings (SSSR count). The van der Waals surface area contributed by atoms with Crippen LogP contribution < -0.4 is 0 Å². The summed E-state index contributed by atoms with van der Waals surface area (Å²) in [6.07, 6.45) is 0. The van der Waals surface area contributed by atoms with Gasteiger partial charge in [-0.1, -0.05) is 170 Å². The molecule has 13 aromatic carbocycles. The fourth-order valence-electron chi connectivity index (χ4n) is 14.1. The Hall–Kier alpha value is -12.4. The Morgan fingerprint density at radius 2 is 0.533 bits per heavy atom. The third-order valence-electron chi connectivity index (χ3n) is 18.2. The van der Waals surface area contributed by atoms with Crippen molar-refractivity contribution < 1.29 is 0 Å². The number of hydrogen-bond acceptors (Lipinski definition) is 3. The molecule has 0 spiro atoms. The molecule has 0 unspecified atom stereocenters. The maximum atomic E-state index is 10.1. The topological polar surface area (TPSA) is 69.3 Å². The predicted octanol–water partition coefficient (Wildman–Crippen LogP) is 21.1. The van der Waals surface area contributed by atoms with Crippen molar-refractivity contribution >= 4 is 87.2 Å². The maximum absolute atomic E-state index is 10.1. The molecule has 5 aromatic heterocycles. The van der Waals surface area contributed by atoms with Crippen molar-refractivity contribution in [3.05, 3.63) is 315 Å². The molecule has 5 heterocycles. The van der Waals surface area contributed by atoms with Gasteiger partial charge in [-0.15, -0.1) is 0 Å². The van der Waals surface area contributed by atoms with Crippen molar-refractivity contribution in [1.82, 2.24) is 28.2 Å². The summed E-state index contributed by atoms with van der Waals surface area (Å²) in [6.45, 7) is 0. The van der Waals surface area contributed by atoms with Crippen LogP contribution in [-0.2, 0) is 0 Å². The van der Waals surface area contributed by atoms with E-state index < -0.39 is 0 Å². The lowest BCUT2D eigenvalue weighted by molar-refractivity contribution is 1.16. The second-order valence-corrected chi connectivity index (χ2v) is 23.3. The van der Waals surface area contributed by atoms with Crippen LogP contribution in [0.25, 0.3) is 166 Å². The number of fused-ring (bicyclic) bond motifs is 12. The molecule has 18 aromatic rings. The largest absolute Gasteiger partial charge is 0.309 e. The monoisotopic (exact) mass is 1150 g/mol. The number of nitriles is 1. The highest BCUT2D eigenvalue weighted by molar-refractivity contribution is 6.15. The summed E-state index contributed by atoms with van der Waals surface area (Å²) >= 11 is 0. The second-order valence-electron chi connectivity index (χ2n) is 23.3. The number of benzene rings is 13. The third-order valence-corrected chi connectivity index (χ3v) is 18.2. The van der Waals surface area contributed by atoms with Crippen LogP contribution in [0.3, 0.4) is 0 Å². The molecule has 0 aliphatic carbocycles. The first-order valence-electron chi connectivity index (χ1n) is 30.4. The molecule has 7 nitrogen and oxygen atoms in total. The first-order valence-corrected chi connectivity index (χ1v) is 30.4. The van der Waals surface area contributed by atoms with Crippen molar-refractivity contribution in [3.8, 4) is 85.0 Å². The zero-order chi connectivity index (χ0) is 59.4. The van der Waals surface area contributed by atoms with Gasteiger partial charge < -0.3 is 18.3 Å². The van der Waals surface area contributed by atoms with Gasteiger partial charge in [-0.2, -0.15) is 5.26 Å². The van der Waals surface area contributed by atoms with Gasteiger partial charge >= 0.3 is 0 Å². The van der Waals surface area contributed by atoms with E-state index in [9.17, 15) is 5.26 Å². The number of rotatable bonds is 9. The van der Waals surface area contributed by atoms with Gasteiger partial charge in [-0.05, 0) is 162 Å². The zero-order valence-corrected chi connectivity index (χ0v) is 48.6. The summed E-state index contributed by atoms with van der Waals surface area (Å²) in [7, 11) is 0. The fourth-order valence-corrected chi connectivity index (χ4v) is 14.1. The number of aromatic nitrogens is 6. The molecule has 0 atom stereocenters. The molecule has 0 saturated carbocycles. The van der Waals surface area contributed by atoms with Crippen molar-refractivity contribution in [2.45, 2.75) is 0 Å². The van der Waals surface area contributed by atoms with Gasteiger partial charge in [0, 0.05) is 82.5 Å². The van der Waals surface area contributed by atoms with E-state index in [4.69, 9.17) is 9.97 Å². The van der Waals surface area contributed by atoms with Crippen LogP contribution in [0.4, 0.5) is 0 Å². The van der Waals surface area contributed by atoms with Crippen LogP contribution in [0.1, 0.15) is 5.56 Å². The molecule has 7 heteroatoms. The van der Waals surface area contributed by atoms with Gasteiger partial charge in [0.2, 0.25) is 0 Å². The second kappa shape index (κ2) is 20.4. The predicted molar refractivity (Wildman–Crippen MR) is 371 cm³/mol. The van der Waals surface area contributed by atoms with E-state index in [1.54, 1.807) is 0 Å². The summed E-state index contributed by atoms with van der Waals surface area (Å²) in [4.78, 5) is 10.6. The van der Waals surface area contributed by atoms with E-state index in [0.717, 1.165) is 84.0 Å². The molecule has 0 saturated heterocycles. The molecule has 0 N–H and O–H groups in total. The normalized spacial score (nSPS) is 11.8. The molecular weight excluding hydrogens is 1090 g/mol. The molecule has 0 fully saturated rings. The van der Waals surface area contributed by atoms with Crippen LogP contribution >= 0.6 is 0 Å². The maximum Gasteiger partial charge on any atom is 0.160 e. The Balaban J connectivity index is 0.734. The Morgan fingerprint density at radius 1 is 0.222 bits per heavy atom. The van der Waals surface area contributed by atoms with E-state index >= 15 is 0 Å². The minimum atomic E-state index is 0.537. The van der Waals surface area contributed by atoms with Crippen LogP contribution in [0.2, 0.25) is 0 Å². The minimum absolute atomic E-state index is 0.537. The summed E-state index contributed by atoms with van der Waals surface area (Å²) in [5.41, 5.74) is 22.9. The first-order chi connectivity index (χ1) is 44.6. The van der Waals surface area contributed by atoms with Crippen molar-refractivity contribution in [1.29, 1.82) is 5.26 Å². The van der Waals surface area contributed by atoms with Crippen LogP contribution in [0.5, 0.6) is 0 Å². The molecule has 0 radical (unpaired) electrons. The van der Waals surface area contributed by atoms with Crippen LogP contribution in [-0.4, -0.2) is 28.2 Å². The van der Waals surface area contributed by atoms with Crippen LogP contribution in [0.15, 0.2) is 309 Å². The van der Waals surface area contributed by atoms with Crippen molar-refractivity contribution in [2.75, 3.05) is 0 Å². The summed E-state index contributed by atoms with van der Waals surface area (Å²) < 4.78 is 9.47. The van der Waals surface area contributed by atoms with Crippen molar-refractivity contribution in [3.63, 3.8) is 0 Å². The number of para-hydroxylation sites is 6. The van der Waals surface area contributed by atoms with Gasteiger partial charge in [0.1, 0.15) is 0 Å². The van der Waals surface area contributed by atoms with Crippen LogP contribution in [0, 0.1) is 11.3 Å². The average Bonchev–Trinajstić information content (AvgIpc) is 1.65. The minimum Gasteiger partial charge on any atom is -0.309 e. The van der Waals surface area contributed by atoms with Gasteiger partial charge in [0.25, 0.3) is 0 Å². The lowest BCUT2D eigenvalue weighted by Gasteiger charge is -2.14. The average molecular weight is 1150 g/mol. The lowest BCUT2D eigenvalue weighted by Crippen LogP contribution is -1.99. The Bertz CT molecular complexity index is 5660. The summed E-state index contributed by atoms with van der Waals surface area (Å²) in [6, 6.07) is 113. The van der Waals surface area contributed by atoms with Gasteiger partial charge in [-0.3, -0.25) is 0 Å². The van der Waals surface area contributed by atoms with Gasteiger partial charge in [0.15, 0.2) is 5.82 Å². The highest BCUT2D eigenvalue weighted by atomic mass is 15.0. The van der Waals surface area contributed by atoms with E-state index in [-0.39, 0.29) is 0 Å². The van der Waals surface area contributed by atoms with Crippen molar-refractivity contribution in [2.24, 2.45) is 0 Å². The van der Waals surface area contributed by atoms with E-state index in [1.165, 1.54) is 76.3 Å². The zero-order valence-electron chi connectivity index (χ0n) is 48.6. The SMILES string of the molecule is N#Cc1cccc(-c2nc(-c3cccc(-n4c5ccccc5c5cc(-c6ccc7c(c6)c6ccccc6n7-c6ccccc6)ccc54)c3)cc(-c3cccc(-n4c5ccccc5c5cc(-c6ccc7c(c6)c6ccccc6n7-c6ccccc6)ccc54)c3)n2)c1. The molecule has 0 aliphatic rings. The molecule has 0 aliphatic heterocycles. The Kier molecular flexibility index (Phi) is 11.5. The molecule has 0 bridgehead atoms. The number of nitrogens with zero attached hydrogens (tertiary/aromatic N) is 7. The first kappa shape index (κ1) is 50.9. The van der Waals surface area contributed by atoms with Gasteiger partial charge in [-0.25, -0.2) is 9.97 Å². The summed E-state index contributed by atoms with van der Waals surface area (Å²) in [5, 5.41) is 19.7. The van der Waals surface area contributed by atoms with E-state index in [0.29, 0.717) is 11.4 Å². The van der Waals surface area contributed by atoms with E-state index in [1.807, 2.05) is 24.3 Å². The quantitative estimate of drug-likeness (QED) is 0.145. The standard InChI is InChI=1S/C83H51N7/c84-52-53-18-15-21-60(44-53)83-85-73(58-19-16-26-63(45-58)89-77-34-13-9-30-67(77)71-49-56(38-42-81(71)89)54-36-40-79-69(47-54)65-28-7-11-32-75(65)87(79)61-22-3-1-4-23-61)51-74(86-83)59-20-17-27-64(46-59)90-78-35-14-10-31-68(78)72-50-57(39-43-82(72)90)55-37-41-80-70(48-55)66-29-8-12-33-76(66)88(80)62-24-5-2-6-25-62/h1-51H. The van der Waals surface area contributed by atoms with E-state index in [2.05, 4.69) is 309 Å². The third kappa shape index (κ3) is 8.13. The highest BCUT2D eigenvalue weighted by Crippen LogP contribution is 2.42. The molecular formula is C83H51N7. The molecule has 90 heavy (non-hydrogen) atoms. The highest BCUT2D eigenvalue weighted by Gasteiger charge is 2.21. The molecule has 418 valence electrons. The Morgan fingerprint density at radius 3 is 0.911 bits per heavy atom. The summed E-state index contributed by atoms with van der Waals surface area (Å²) in [5.74, 6) is 0.537. The Labute approximate surface area is 517 Å². The number of hydrogen-bond donors (Lipinski definition) is 0. The lowest BCUT2D eigenvalue weighted by atomic mass is 10.0. The van der Waals surface area contributed by atoms with Gasteiger partial charge in [0.05, 0.1) is 67.2 Å². The molecule has 0 amide bonds. The smallest absolute Gasteiger partial charge is 0.160 e.